The Labute approximate surface area is 141 Å². The van der Waals surface area contributed by atoms with E-state index in [4.69, 9.17) is 4.74 Å². The quantitative estimate of drug-likeness (QED) is 0.791. The Morgan fingerprint density at radius 2 is 2.17 bits per heavy atom. The van der Waals surface area contributed by atoms with E-state index in [0.717, 1.165) is 16.8 Å². The summed E-state index contributed by atoms with van der Waals surface area (Å²) in [6.07, 6.45) is 1.57. The third-order valence-electron chi connectivity index (χ3n) is 3.95. The number of H-pyrrole nitrogens is 1. The molecule has 4 heterocycles. The number of aromatic amines is 1. The zero-order valence-corrected chi connectivity index (χ0v) is 13.9. The van der Waals surface area contributed by atoms with Crippen LogP contribution in [0.5, 0.6) is 0 Å². The molecule has 0 saturated carbocycles. The van der Waals surface area contributed by atoms with Crippen LogP contribution in [0.2, 0.25) is 0 Å². The van der Waals surface area contributed by atoms with E-state index < -0.39 is 0 Å². The van der Waals surface area contributed by atoms with E-state index in [-0.39, 0.29) is 12.0 Å². The standard InChI is InChI=1S/C16H15N3O2S2/c20-16(13-7-17-18-15(13)12-2-6-23-10-12)19-3-4-21-14(8-19)11-1-5-22-9-11/h1-2,5-7,9-10,14H,3-4,8H2,(H,17,18)/t14-/m1/s1. The molecule has 1 aliphatic rings. The Bertz CT molecular complexity index is 780. The van der Waals surface area contributed by atoms with Crippen LogP contribution in [-0.2, 0) is 4.74 Å². The van der Waals surface area contributed by atoms with Gasteiger partial charge in [0.1, 0.15) is 6.10 Å². The van der Waals surface area contributed by atoms with Gasteiger partial charge in [-0.1, -0.05) is 0 Å². The number of aromatic nitrogens is 2. The first-order valence-corrected chi connectivity index (χ1v) is 9.20. The summed E-state index contributed by atoms with van der Waals surface area (Å²) < 4.78 is 5.81. The van der Waals surface area contributed by atoms with E-state index in [1.165, 1.54) is 0 Å². The maximum atomic E-state index is 12.9. The molecular formula is C16H15N3O2S2. The SMILES string of the molecule is O=C(c1cn[nH]c1-c1ccsc1)N1CCO[C@@H](c2ccsc2)C1. The molecule has 5 nitrogen and oxygen atoms in total. The van der Waals surface area contributed by atoms with Gasteiger partial charge in [-0.15, -0.1) is 0 Å². The lowest BCUT2D eigenvalue weighted by atomic mass is 10.1. The molecule has 0 unspecified atom stereocenters. The van der Waals surface area contributed by atoms with Crippen molar-refractivity contribution in [3.05, 3.63) is 51.0 Å². The van der Waals surface area contributed by atoms with Crippen LogP contribution >= 0.6 is 22.7 Å². The Hall–Kier alpha value is -1.96. The van der Waals surface area contributed by atoms with Crippen molar-refractivity contribution in [2.24, 2.45) is 0 Å². The molecular weight excluding hydrogens is 330 g/mol. The van der Waals surface area contributed by atoms with Crippen molar-refractivity contribution < 1.29 is 9.53 Å². The van der Waals surface area contributed by atoms with E-state index >= 15 is 0 Å². The van der Waals surface area contributed by atoms with Crippen LogP contribution in [0.1, 0.15) is 22.0 Å². The molecule has 0 radical (unpaired) electrons. The highest BCUT2D eigenvalue weighted by Crippen LogP contribution is 2.28. The fraction of sp³-hybridized carbons (Fsp3) is 0.250. The van der Waals surface area contributed by atoms with Gasteiger partial charge in [0, 0.05) is 17.5 Å². The van der Waals surface area contributed by atoms with Crippen molar-refractivity contribution in [1.82, 2.24) is 15.1 Å². The molecule has 1 aliphatic heterocycles. The largest absolute Gasteiger partial charge is 0.370 e. The van der Waals surface area contributed by atoms with Crippen molar-refractivity contribution in [2.45, 2.75) is 6.10 Å². The van der Waals surface area contributed by atoms with Crippen LogP contribution < -0.4 is 0 Å². The molecule has 3 aromatic rings. The number of thiophene rings is 2. The van der Waals surface area contributed by atoms with Crippen LogP contribution in [0.3, 0.4) is 0 Å². The van der Waals surface area contributed by atoms with Crippen LogP contribution in [0, 0.1) is 0 Å². The molecule has 0 aromatic carbocycles. The van der Waals surface area contributed by atoms with Crippen molar-refractivity contribution in [1.29, 1.82) is 0 Å². The topological polar surface area (TPSA) is 58.2 Å². The lowest BCUT2D eigenvalue weighted by molar-refractivity contribution is -0.0226. The molecule has 1 amide bonds. The summed E-state index contributed by atoms with van der Waals surface area (Å²) in [7, 11) is 0. The lowest BCUT2D eigenvalue weighted by Crippen LogP contribution is -2.42. The second kappa shape index (κ2) is 6.27. The Morgan fingerprint density at radius 3 is 2.96 bits per heavy atom. The smallest absolute Gasteiger partial charge is 0.257 e. The van der Waals surface area contributed by atoms with Crippen molar-refractivity contribution in [3.8, 4) is 11.3 Å². The summed E-state index contributed by atoms with van der Waals surface area (Å²) in [6.45, 7) is 1.73. The predicted octanol–water partition coefficient (Wildman–Crippen LogP) is 3.41. The van der Waals surface area contributed by atoms with E-state index in [0.29, 0.717) is 25.3 Å². The van der Waals surface area contributed by atoms with E-state index in [2.05, 4.69) is 21.6 Å². The van der Waals surface area contributed by atoms with E-state index in [9.17, 15) is 4.79 Å². The molecule has 4 rings (SSSR count). The van der Waals surface area contributed by atoms with Crippen LogP contribution in [-0.4, -0.2) is 40.7 Å². The molecule has 118 valence electrons. The second-order valence-corrected chi connectivity index (χ2v) is 6.90. The van der Waals surface area contributed by atoms with Gasteiger partial charge in [0.2, 0.25) is 0 Å². The van der Waals surface area contributed by atoms with Crippen LogP contribution in [0.4, 0.5) is 0 Å². The summed E-state index contributed by atoms with van der Waals surface area (Å²) in [5, 5.41) is 15.1. The third kappa shape index (κ3) is 2.83. The predicted molar refractivity (Wildman–Crippen MR) is 90.8 cm³/mol. The highest BCUT2D eigenvalue weighted by molar-refractivity contribution is 7.08. The van der Waals surface area contributed by atoms with E-state index in [1.807, 2.05) is 27.1 Å². The molecule has 0 spiro atoms. The highest BCUT2D eigenvalue weighted by Gasteiger charge is 2.28. The summed E-state index contributed by atoms with van der Waals surface area (Å²) >= 11 is 3.25. The van der Waals surface area contributed by atoms with Crippen molar-refractivity contribution >= 4 is 28.6 Å². The molecule has 1 atom stereocenters. The van der Waals surface area contributed by atoms with Gasteiger partial charge in [0.15, 0.2) is 0 Å². The highest BCUT2D eigenvalue weighted by atomic mass is 32.1. The van der Waals surface area contributed by atoms with Gasteiger partial charge in [-0.05, 0) is 33.8 Å². The zero-order chi connectivity index (χ0) is 15.6. The Kier molecular flexibility index (Phi) is 3.99. The number of carbonyl (C=O) groups excluding carboxylic acids is 1. The maximum absolute atomic E-state index is 12.9. The molecule has 0 aliphatic carbocycles. The number of amides is 1. The number of morpholine rings is 1. The van der Waals surface area contributed by atoms with Gasteiger partial charge in [-0.2, -0.15) is 27.8 Å². The number of nitrogens with one attached hydrogen (secondary N) is 1. The fourth-order valence-electron chi connectivity index (χ4n) is 2.74. The van der Waals surface area contributed by atoms with Crippen LogP contribution in [0.15, 0.2) is 39.8 Å². The number of nitrogens with zero attached hydrogens (tertiary/aromatic N) is 2. The number of rotatable bonds is 3. The molecule has 0 bridgehead atoms. The van der Waals surface area contributed by atoms with E-state index in [1.54, 1.807) is 28.9 Å². The number of hydrogen-bond acceptors (Lipinski definition) is 5. The maximum Gasteiger partial charge on any atom is 0.257 e. The fourth-order valence-corrected chi connectivity index (χ4v) is 4.09. The zero-order valence-electron chi connectivity index (χ0n) is 12.3. The van der Waals surface area contributed by atoms with Gasteiger partial charge >= 0.3 is 0 Å². The van der Waals surface area contributed by atoms with Gasteiger partial charge in [-0.3, -0.25) is 9.89 Å². The summed E-state index contributed by atoms with van der Waals surface area (Å²) in [5.74, 6) is 0.00322. The molecule has 1 N–H and O–H groups in total. The molecule has 1 fully saturated rings. The van der Waals surface area contributed by atoms with Crippen LogP contribution in [0.25, 0.3) is 11.3 Å². The molecule has 7 heteroatoms. The second-order valence-electron chi connectivity index (χ2n) is 5.34. The number of ether oxygens (including phenoxy) is 1. The third-order valence-corrected chi connectivity index (χ3v) is 5.33. The number of carbonyl (C=O) groups is 1. The normalized spacial score (nSPS) is 18.3. The minimum Gasteiger partial charge on any atom is -0.370 e. The van der Waals surface area contributed by atoms with Crippen molar-refractivity contribution in [2.75, 3.05) is 19.7 Å². The van der Waals surface area contributed by atoms with Gasteiger partial charge < -0.3 is 9.64 Å². The summed E-state index contributed by atoms with van der Waals surface area (Å²) in [5.41, 5.74) is 3.54. The summed E-state index contributed by atoms with van der Waals surface area (Å²) in [4.78, 5) is 14.8. The Balaban J connectivity index is 1.56. The first-order chi connectivity index (χ1) is 11.3. The van der Waals surface area contributed by atoms with Gasteiger partial charge in [0.25, 0.3) is 5.91 Å². The molecule has 23 heavy (non-hydrogen) atoms. The number of hydrogen-bond donors (Lipinski definition) is 1. The van der Waals surface area contributed by atoms with Gasteiger partial charge in [-0.25, -0.2) is 0 Å². The molecule has 1 saturated heterocycles. The van der Waals surface area contributed by atoms with Gasteiger partial charge in [0.05, 0.1) is 30.6 Å². The Morgan fingerprint density at radius 1 is 1.30 bits per heavy atom. The van der Waals surface area contributed by atoms with Crippen molar-refractivity contribution in [3.63, 3.8) is 0 Å². The minimum atomic E-state index is -0.0459. The average molecular weight is 345 g/mol. The lowest BCUT2D eigenvalue weighted by Gasteiger charge is -2.32. The average Bonchev–Trinajstić information content (AvgIpc) is 3.35. The monoisotopic (exact) mass is 345 g/mol. The summed E-state index contributed by atoms with van der Waals surface area (Å²) in [6, 6.07) is 4.04. The minimum absolute atomic E-state index is 0.00322. The first-order valence-electron chi connectivity index (χ1n) is 7.32. The molecule has 3 aromatic heterocycles. The first kappa shape index (κ1) is 14.6.